The molecular weight excluding hydrogens is 370 g/mol. The van der Waals surface area contributed by atoms with Crippen LogP contribution in [0.4, 0.5) is 0 Å². The van der Waals surface area contributed by atoms with Gasteiger partial charge in [0.1, 0.15) is 4.90 Å². The third-order valence-electron chi connectivity index (χ3n) is 2.56. The summed E-state index contributed by atoms with van der Waals surface area (Å²) in [5.74, 6) is -0.974. The van der Waals surface area contributed by atoms with E-state index < -0.39 is 21.5 Å². The maximum atomic E-state index is 12.3. The summed E-state index contributed by atoms with van der Waals surface area (Å²) in [7, 11) is -3.82. The fourth-order valence-corrected chi connectivity index (χ4v) is 4.05. The van der Waals surface area contributed by atoms with Crippen molar-refractivity contribution in [2.24, 2.45) is 0 Å². The standard InChI is InChI=1S/C12H15BrClNO4S/c1-12(2,6-5-11(16)17)15-20(18,19)10-7-8(13)3-4-9(10)14/h3-4,7,15H,5-6H2,1-2H3,(H,16,17). The Balaban J connectivity index is 3.00. The molecule has 0 radical (unpaired) electrons. The van der Waals surface area contributed by atoms with Crippen LogP contribution in [0, 0.1) is 0 Å². The second-order valence-electron chi connectivity index (χ2n) is 4.96. The van der Waals surface area contributed by atoms with Crippen LogP contribution in [0.3, 0.4) is 0 Å². The molecule has 0 bridgehead atoms. The molecule has 0 unspecified atom stereocenters. The molecule has 0 aromatic heterocycles. The average Bonchev–Trinajstić information content (AvgIpc) is 2.28. The quantitative estimate of drug-likeness (QED) is 0.789. The van der Waals surface area contributed by atoms with Crippen molar-refractivity contribution in [3.63, 3.8) is 0 Å². The Morgan fingerprint density at radius 2 is 2.05 bits per heavy atom. The predicted octanol–water partition coefficient (Wildman–Crippen LogP) is 3.02. The van der Waals surface area contributed by atoms with E-state index in [1.165, 1.54) is 12.1 Å². The smallest absolute Gasteiger partial charge is 0.303 e. The Morgan fingerprint density at radius 3 is 2.60 bits per heavy atom. The Morgan fingerprint density at radius 1 is 1.45 bits per heavy atom. The summed E-state index contributed by atoms with van der Waals surface area (Å²) in [6.07, 6.45) is 0.0505. The van der Waals surface area contributed by atoms with Crippen LogP contribution in [0.2, 0.25) is 5.02 Å². The normalized spacial score (nSPS) is 12.4. The molecule has 8 heteroatoms. The predicted molar refractivity (Wildman–Crippen MR) is 80.4 cm³/mol. The number of carboxylic acid groups (broad SMARTS) is 1. The Hall–Kier alpha value is -0.630. The molecule has 1 rings (SSSR count). The summed E-state index contributed by atoms with van der Waals surface area (Å²) in [5.41, 5.74) is -0.886. The highest BCUT2D eigenvalue weighted by molar-refractivity contribution is 9.10. The van der Waals surface area contributed by atoms with Gasteiger partial charge in [0, 0.05) is 16.4 Å². The van der Waals surface area contributed by atoms with Crippen LogP contribution < -0.4 is 4.72 Å². The second-order valence-corrected chi connectivity index (χ2v) is 7.93. The Bertz CT molecular complexity index is 616. The number of nitrogens with one attached hydrogen (secondary N) is 1. The van der Waals surface area contributed by atoms with E-state index in [0.29, 0.717) is 4.47 Å². The van der Waals surface area contributed by atoms with E-state index in [1.54, 1.807) is 19.9 Å². The van der Waals surface area contributed by atoms with Gasteiger partial charge in [0.2, 0.25) is 10.0 Å². The number of sulfonamides is 1. The van der Waals surface area contributed by atoms with Gasteiger partial charge in [0.25, 0.3) is 0 Å². The minimum atomic E-state index is -3.82. The summed E-state index contributed by atoms with van der Waals surface area (Å²) < 4.78 is 27.7. The number of carboxylic acids is 1. The lowest BCUT2D eigenvalue weighted by atomic mass is 10.0. The van der Waals surface area contributed by atoms with Crippen molar-refractivity contribution < 1.29 is 18.3 Å². The van der Waals surface area contributed by atoms with Gasteiger partial charge in [-0.25, -0.2) is 13.1 Å². The molecule has 0 saturated heterocycles. The Labute approximate surface area is 131 Å². The molecule has 0 fully saturated rings. The van der Waals surface area contributed by atoms with Crippen molar-refractivity contribution >= 4 is 43.5 Å². The highest BCUT2D eigenvalue weighted by Crippen LogP contribution is 2.26. The summed E-state index contributed by atoms with van der Waals surface area (Å²) >= 11 is 9.09. The number of hydrogen-bond donors (Lipinski definition) is 2. The lowest BCUT2D eigenvalue weighted by Gasteiger charge is -2.25. The first-order chi connectivity index (χ1) is 9.03. The lowest BCUT2D eigenvalue weighted by molar-refractivity contribution is -0.137. The number of aliphatic carboxylic acids is 1. The van der Waals surface area contributed by atoms with E-state index in [-0.39, 0.29) is 22.8 Å². The van der Waals surface area contributed by atoms with Crippen molar-refractivity contribution in [1.82, 2.24) is 4.72 Å². The highest BCUT2D eigenvalue weighted by atomic mass is 79.9. The van der Waals surface area contributed by atoms with Gasteiger partial charge in [-0.05, 0) is 38.5 Å². The van der Waals surface area contributed by atoms with Crippen LogP contribution >= 0.6 is 27.5 Å². The summed E-state index contributed by atoms with van der Waals surface area (Å²) in [6.45, 7) is 3.25. The van der Waals surface area contributed by atoms with Crippen LogP contribution in [0.5, 0.6) is 0 Å². The number of benzene rings is 1. The van der Waals surface area contributed by atoms with E-state index in [0.717, 1.165) is 0 Å². The number of carbonyl (C=O) groups is 1. The van der Waals surface area contributed by atoms with Crippen molar-refractivity contribution in [3.8, 4) is 0 Å². The van der Waals surface area contributed by atoms with E-state index in [2.05, 4.69) is 20.7 Å². The number of rotatable bonds is 6. The summed E-state index contributed by atoms with van der Waals surface area (Å²) in [5, 5.41) is 8.77. The zero-order valence-corrected chi connectivity index (χ0v) is 14.1. The molecule has 0 aliphatic rings. The molecule has 5 nitrogen and oxygen atoms in total. The Kier molecular flexibility index (Phi) is 5.60. The zero-order chi connectivity index (χ0) is 15.6. The maximum Gasteiger partial charge on any atom is 0.303 e. The number of hydrogen-bond acceptors (Lipinski definition) is 3. The van der Waals surface area contributed by atoms with Gasteiger partial charge >= 0.3 is 5.97 Å². The van der Waals surface area contributed by atoms with Crippen molar-refractivity contribution in [1.29, 1.82) is 0 Å². The van der Waals surface area contributed by atoms with Gasteiger partial charge in [0.05, 0.1) is 5.02 Å². The maximum absolute atomic E-state index is 12.3. The minimum absolute atomic E-state index is 0.0445. The van der Waals surface area contributed by atoms with Crippen LogP contribution in [0.15, 0.2) is 27.6 Å². The van der Waals surface area contributed by atoms with Gasteiger partial charge in [-0.2, -0.15) is 0 Å². The molecule has 0 aliphatic heterocycles. The van der Waals surface area contributed by atoms with Crippen LogP contribution in [0.1, 0.15) is 26.7 Å². The summed E-state index contributed by atoms with van der Waals surface area (Å²) in [4.78, 5) is 10.5. The van der Waals surface area contributed by atoms with Gasteiger partial charge < -0.3 is 5.11 Å². The first-order valence-electron chi connectivity index (χ1n) is 5.74. The third-order valence-corrected chi connectivity index (χ3v) is 5.23. The van der Waals surface area contributed by atoms with Gasteiger partial charge in [-0.3, -0.25) is 4.79 Å². The lowest BCUT2D eigenvalue weighted by Crippen LogP contribution is -2.43. The molecular formula is C12H15BrClNO4S. The molecule has 2 N–H and O–H groups in total. The molecule has 1 aromatic carbocycles. The molecule has 1 aromatic rings. The largest absolute Gasteiger partial charge is 0.481 e. The van der Waals surface area contributed by atoms with Gasteiger partial charge in [-0.1, -0.05) is 27.5 Å². The molecule has 0 amide bonds. The fraction of sp³-hybridized carbons (Fsp3) is 0.417. The van der Waals surface area contributed by atoms with Crippen LogP contribution in [0.25, 0.3) is 0 Å². The van der Waals surface area contributed by atoms with Crippen LogP contribution in [-0.2, 0) is 14.8 Å². The molecule has 20 heavy (non-hydrogen) atoms. The zero-order valence-electron chi connectivity index (χ0n) is 11.0. The molecule has 0 aliphatic carbocycles. The second kappa shape index (κ2) is 6.43. The molecule has 0 spiro atoms. The topological polar surface area (TPSA) is 83.5 Å². The highest BCUT2D eigenvalue weighted by Gasteiger charge is 2.28. The van der Waals surface area contributed by atoms with E-state index >= 15 is 0 Å². The fourth-order valence-electron chi connectivity index (χ4n) is 1.57. The van der Waals surface area contributed by atoms with E-state index in [4.69, 9.17) is 16.7 Å². The average molecular weight is 385 g/mol. The first kappa shape index (κ1) is 17.4. The third kappa shape index (κ3) is 5.05. The van der Waals surface area contributed by atoms with Crippen molar-refractivity contribution in [3.05, 3.63) is 27.7 Å². The first-order valence-corrected chi connectivity index (χ1v) is 8.40. The van der Waals surface area contributed by atoms with Gasteiger partial charge in [0.15, 0.2) is 0 Å². The van der Waals surface area contributed by atoms with Crippen molar-refractivity contribution in [2.45, 2.75) is 37.1 Å². The van der Waals surface area contributed by atoms with Crippen LogP contribution in [-0.4, -0.2) is 25.0 Å². The van der Waals surface area contributed by atoms with E-state index in [9.17, 15) is 13.2 Å². The number of halogens is 2. The van der Waals surface area contributed by atoms with Crippen molar-refractivity contribution in [2.75, 3.05) is 0 Å². The SMILES string of the molecule is CC(C)(CCC(=O)O)NS(=O)(=O)c1cc(Br)ccc1Cl. The summed E-state index contributed by atoms with van der Waals surface area (Å²) in [6, 6.07) is 4.51. The molecule has 0 saturated carbocycles. The molecule has 112 valence electrons. The monoisotopic (exact) mass is 383 g/mol. The molecule has 0 heterocycles. The molecule has 0 atom stereocenters. The minimum Gasteiger partial charge on any atom is -0.481 e. The van der Waals surface area contributed by atoms with E-state index in [1.807, 2.05) is 0 Å². The van der Waals surface area contributed by atoms with Gasteiger partial charge in [-0.15, -0.1) is 0 Å².